The summed E-state index contributed by atoms with van der Waals surface area (Å²) in [5.74, 6) is -0.146. The smallest absolute Gasteiger partial charge is 0.0700 e. The van der Waals surface area contributed by atoms with E-state index in [1.165, 1.54) is 0 Å². The normalized spacial score (nSPS) is 25.4. The Labute approximate surface area is 78.1 Å². The summed E-state index contributed by atoms with van der Waals surface area (Å²) >= 11 is 0. The van der Waals surface area contributed by atoms with Crippen molar-refractivity contribution < 1.29 is 20.1 Å². The van der Waals surface area contributed by atoms with E-state index in [1.54, 1.807) is 0 Å². The van der Waals surface area contributed by atoms with Crippen LogP contribution in [0.2, 0.25) is 0 Å². The zero-order valence-corrected chi connectivity index (χ0v) is 7.94. The Bertz CT molecular complexity index is 145. The molecule has 2 unspecified atom stereocenters. The fourth-order valence-electron chi connectivity index (χ4n) is 1.75. The Morgan fingerprint density at radius 2 is 1.92 bits per heavy atom. The number of hydrogen-bond acceptors (Lipinski definition) is 4. The first kappa shape index (κ1) is 10.9. The number of aliphatic hydroxyl groups is 3. The van der Waals surface area contributed by atoms with Crippen LogP contribution in [0, 0.1) is 11.3 Å². The number of aliphatic hydroxyl groups excluding tert-OH is 3. The summed E-state index contributed by atoms with van der Waals surface area (Å²) in [7, 11) is 0. The average molecular weight is 190 g/mol. The number of rotatable bonds is 5. The summed E-state index contributed by atoms with van der Waals surface area (Å²) in [4.78, 5) is 0. The van der Waals surface area contributed by atoms with Crippen molar-refractivity contribution >= 4 is 0 Å². The van der Waals surface area contributed by atoms with E-state index in [1.807, 2.05) is 6.92 Å². The lowest BCUT2D eigenvalue weighted by Gasteiger charge is -2.46. The van der Waals surface area contributed by atoms with E-state index in [-0.39, 0.29) is 31.8 Å². The van der Waals surface area contributed by atoms with Gasteiger partial charge in [-0.05, 0) is 12.3 Å². The molecule has 0 spiro atoms. The molecule has 3 N–H and O–H groups in total. The Kier molecular flexibility index (Phi) is 3.67. The summed E-state index contributed by atoms with van der Waals surface area (Å²) in [6, 6.07) is 0. The van der Waals surface area contributed by atoms with E-state index in [0.717, 1.165) is 6.42 Å². The van der Waals surface area contributed by atoms with Crippen LogP contribution < -0.4 is 0 Å². The second-order valence-electron chi connectivity index (χ2n) is 3.78. The molecule has 0 amide bonds. The third kappa shape index (κ3) is 1.72. The van der Waals surface area contributed by atoms with Gasteiger partial charge < -0.3 is 20.1 Å². The predicted octanol–water partition coefficient (Wildman–Crippen LogP) is -0.625. The van der Waals surface area contributed by atoms with Gasteiger partial charge in [-0.15, -0.1) is 0 Å². The number of ether oxygens (including phenoxy) is 1. The van der Waals surface area contributed by atoms with Crippen molar-refractivity contribution in [2.75, 3.05) is 26.4 Å². The van der Waals surface area contributed by atoms with Crippen LogP contribution >= 0.6 is 0 Å². The van der Waals surface area contributed by atoms with Crippen molar-refractivity contribution in [3.63, 3.8) is 0 Å². The molecule has 0 bridgehead atoms. The summed E-state index contributed by atoms with van der Waals surface area (Å²) in [5, 5.41) is 27.5. The highest BCUT2D eigenvalue weighted by molar-refractivity contribution is 4.93. The molecule has 1 aliphatic rings. The Morgan fingerprint density at radius 3 is 2.15 bits per heavy atom. The van der Waals surface area contributed by atoms with Crippen molar-refractivity contribution in [1.29, 1.82) is 0 Å². The minimum Gasteiger partial charge on any atom is -0.396 e. The molecule has 2 atom stereocenters. The molecule has 4 nitrogen and oxygen atoms in total. The van der Waals surface area contributed by atoms with Gasteiger partial charge in [0.1, 0.15) is 0 Å². The summed E-state index contributed by atoms with van der Waals surface area (Å²) in [6.45, 7) is 2.17. The van der Waals surface area contributed by atoms with Gasteiger partial charge in [0, 0.05) is 18.6 Å². The third-order valence-corrected chi connectivity index (χ3v) is 3.18. The van der Waals surface area contributed by atoms with Crippen LogP contribution in [0.3, 0.4) is 0 Å². The highest BCUT2D eigenvalue weighted by Gasteiger charge is 2.46. The van der Waals surface area contributed by atoms with E-state index < -0.39 is 5.41 Å². The van der Waals surface area contributed by atoms with E-state index >= 15 is 0 Å². The van der Waals surface area contributed by atoms with Crippen molar-refractivity contribution in [2.45, 2.75) is 19.4 Å². The maximum atomic E-state index is 9.26. The molecular weight excluding hydrogens is 172 g/mol. The predicted molar refractivity (Wildman–Crippen MR) is 47.2 cm³/mol. The number of hydrogen-bond donors (Lipinski definition) is 3. The van der Waals surface area contributed by atoms with Crippen LogP contribution in [-0.4, -0.2) is 47.9 Å². The van der Waals surface area contributed by atoms with Gasteiger partial charge in [0.15, 0.2) is 0 Å². The van der Waals surface area contributed by atoms with E-state index in [4.69, 9.17) is 9.84 Å². The van der Waals surface area contributed by atoms with E-state index in [9.17, 15) is 10.2 Å². The summed E-state index contributed by atoms with van der Waals surface area (Å²) in [5.41, 5.74) is -0.674. The van der Waals surface area contributed by atoms with E-state index in [2.05, 4.69) is 0 Å². The lowest BCUT2D eigenvalue weighted by Crippen LogP contribution is -2.53. The van der Waals surface area contributed by atoms with Crippen LogP contribution in [0.1, 0.15) is 13.3 Å². The lowest BCUT2D eigenvalue weighted by atomic mass is 9.71. The monoisotopic (exact) mass is 190 g/mol. The first-order valence-corrected chi connectivity index (χ1v) is 4.65. The van der Waals surface area contributed by atoms with Gasteiger partial charge in [-0.2, -0.15) is 0 Å². The standard InChI is InChI=1S/C9H18O4/c1-7(4-10)9(5-11,6-12)8-2-3-13-8/h7-8,10-12H,2-6H2,1H3. The first-order chi connectivity index (χ1) is 6.21. The first-order valence-electron chi connectivity index (χ1n) is 4.65. The topological polar surface area (TPSA) is 69.9 Å². The zero-order valence-electron chi connectivity index (χ0n) is 7.94. The molecule has 1 saturated heterocycles. The maximum absolute atomic E-state index is 9.26. The van der Waals surface area contributed by atoms with Crippen molar-refractivity contribution in [3.05, 3.63) is 0 Å². The molecular formula is C9H18O4. The Morgan fingerprint density at radius 1 is 1.38 bits per heavy atom. The van der Waals surface area contributed by atoms with E-state index in [0.29, 0.717) is 6.61 Å². The molecule has 78 valence electrons. The zero-order chi connectivity index (χ0) is 9.90. The summed E-state index contributed by atoms with van der Waals surface area (Å²) in [6.07, 6.45) is 0.746. The SMILES string of the molecule is CC(CO)C(CO)(CO)C1CCO1. The molecule has 0 saturated carbocycles. The van der Waals surface area contributed by atoms with Crippen LogP contribution in [0.4, 0.5) is 0 Å². The minimum absolute atomic E-state index is 0.0407. The fourth-order valence-corrected chi connectivity index (χ4v) is 1.75. The molecule has 0 aromatic rings. The molecule has 1 heterocycles. The molecule has 0 radical (unpaired) electrons. The fraction of sp³-hybridized carbons (Fsp3) is 1.00. The van der Waals surface area contributed by atoms with Gasteiger partial charge in [-0.25, -0.2) is 0 Å². The molecule has 0 aromatic carbocycles. The van der Waals surface area contributed by atoms with Gasteiger partial charge in [0.2, 0.25) is 0 Å². The van der Waals surface area contributed by atoms with Crippen LogP contribution in [0.5, 0.6) is 0 Å². The van der Waals surface area contributed by atoms with Crippen molar-refractivity contribution in [2.24, 2.45) is 11.3 Å². The summed E-state index contributed by atoms with van der Waals surface area (Å²) < 4.78 is 5.27. The third-order valence-electron chi connectivity index (χ3n) is 3.18. The molecule has 0 aromatic heterocycles. The van der Waals surface area contributed by atoms with Crippen LogP contribution in [-0.2, 0) is 4.74 Å². The van der Waals surface area contributed by atoms with Crippen molar-refractivity contribution in [3.8, 4) is 0 Å². The Balaban J connectivity index is 2.70. The van der Waals surface area contributed by atoms with Gasteiger partial charge in [-0.3, -0.25) is 0 Å². The van der Waals surface area contributed by atoms with Gasteiger partial charge >= 0.3 is 0 Å². The minimum atomic E-state index is -0.674. The molecule has 1 rings (SSSR count). The van der Waals surface area contributed by atoms with Gasteiger partial charge in [0.05, 0.1) is 19.3 Å². The lowest BCUT2D eigenvalue weighted by molar-refractivity contribution is -0.181. The quantitative estimate of drug-likeness (QED) is 0.540. The molecule has 4 heteroatoms. The maximum Gasteiger partial charge on any atom is 0.0700 e. The van der Waals surface area contributed by atoms with Gasteiger partial charge in [0.25, 0.3) is 0 Å². The van der Waals surface area contributed by atoms with Crippen LogP contribution in [0.15, 0.2) is 0 Å². The largest absolute Gasteiger partial charge is 0.396 e. The molecule has 0 aliphatic carbocycles. The molecule has 1 aliphatic heterocycles. The Hall–Kier alpha value is -0.160. The van der Waals surface area contributed by atoms with Crippen molar-refractivity contribution in [1.82, 2.24) is 0 Å². The average Bonchev–Trinajstić information content (AvgIpc) is 2.09. The molecule has 13 heavy (non-hydrogen) atoms. The highest BCUT2D eigenvalue weighted by Crippen LogP contribution is 2.38. The highest BCUT2D eigenvalue weighted by atomic mass is 16.5. The van der Waals surface area contributed by atoms with Crippen LogP contribution in [0.25, 0.3) is 0 Å². The second-order valence-corrected chi connectivity index (χ2v) is 3.78. The second kappa shape index (κ2) is 4.37. The molecule has 1 fully saturated rings. The van der Waals surface area contributed by atoms with Gasteiger partial charge in [-0.1, -0.05) is 6.92 Å².